The SMILES string of the molecule is COc1ccc(N(C(C)=O)C(=O)c2ccc(Cl)cc2)cc1. The summed E-state index contributed by atoms with van der Waals surface area (Å²) in [7, 11) is 1.55. The highest BCUT2D eigenvalue weighted by atomic mass is 35.5. The van der Waals surface area contributed by atoms with Crippen molar-refractivity contribution in [2.24, 2.45) is 0 Å². The molecule has 2 amide bonds. The molecule has 0 aliphatic carbocycles. The summed E-state index contributed by atoms with van der Waals surface area (Å²) in [5, 5.41) is 0.533. The highest BCUT2D eigenvalue weighted by Gasteiger charge is 2.21. The van der Waals surface area contributed by atoms with E-state index in [-0.39, 0.29) is 5.91 Å². The van der Waals surface area contributed by atoms with Crippen LogP contribution in [0.5, 0.6) is 5.75 Å². The van der Waals surface area contributed by atoms with Crippen molar-refractivity contribution in [2.75, 3.05) is 12.0 Å². The van der Waals surface area contributed by atoms with Crippen LogP contribution in [-0.2, 0) is 4.79 Å². The van der Waals surface area contributed by atoms with Crippen molar-refractivity contribution in [3.8, 4) is 5.75 Å². The fourth-order valence-corrected chi connectivity index (χ4v) is 2.02. The summed E-state index contributed by atoms with van der Waals surface area (Å²) in [4.78, 5) is 25.4. The zero-order valence-corrected chi connectivity index (χ0v) is 12.4. The van der Waals surface area contributed by atoms with Gasteiger partial charge in [-0.25, -0.2) is 4.90 Å². The van der Waals surface area contributed by atoms with Crippen LogP contribution < -0.4 is 9.64 Å². The van der Waals surface area contributed by atoms with Crippen molar-refractivity contribution in [2.45, 2.75) is 6.92 Å². The van der Waals surface area contributed by atoms with Crippen LogP contribution in [0, 0.1) is 0 Å². The van der Waals surface area contributed by atoms with Crippen molar-refractivity contribution in [3.05, 3.63) is 59.1 Å². The van der Waals surface area contributed by atoms with Gasteiger partial charge in [0.15, 0.2) is 0 Å². The lowest BCUT2D eigenvalue weighted by Gasteiger charge is -2.19. The minimum absolute atomic E-state index is 0.361. The van der Waals surface area contributed by atoms with E-state index in [4.69, 9.17) is 16.3 Å². The lowest BCUT2D eigenvalue weighted by Crippen LogP contribution is -2.35. The molecule has 0 aliphatic heterocycles. The van der Waals surface area contributed by atoms with Gasteiger partial charge in [-0.1, -0.05) is 11.6 Å². The van der Waals surface area contributed by atoms with Gasteiger partial charge in [0.25, 0.3) is 5.91 Å². The van der Waals surface area contributed by atoms with Gasteiger partial charge in [0.2, 0.25) is 5.91 Å². The minimum atomic E-state index is -0.399. The summed E-state index contributed by atoms with van der Waals surface area (Å²) in [5.41, 5.74) is 0.883. The third-order valence-corrected chi connectivity index (χ3v) is 3.19. The van der Waals surface area contributed by atoms with E-state index in [0.29, 0.717) is 22.0 Å². The van der Waals surface area contributed by atoms with Gasteiger partial charge in [-0.3, -0.25) is 9.59 Å². The number of amides is 2. The van der Waals surface area contributed by atoms with Crippen LogP contribution >= 0.6 is 11.6 Å². The van der Waals surface area contributed by atoms with Gasteiger partial charge in [-0.2, -0.15) is 0 Å². The van der Waals surface area contributed by atoms with E-state index in [1.54, 1.807) is 55.6 Å². The Morgan fingerprint density at radius 1 is 1.00 bits per heavy atom. The number of hydrogen-bond acceptors (Lipinski definition) is 3. The fraction of sp³-hybridized carbons (Fsp3) is 0.125. The number of ether oxygens (including phenoxy) is 1. The molecule has 0 radical (unpaired) electrons. The number of anilines is 1. The number of nitrogens with zero attached hydrogens (tertiary/aromatic N) is 1. The average molecular weight is 304 g/mol. The largest absolute Gasteiger partial charge is 0.497 e. The lowest BCUT2D eigenvalue weighted by molar-refractivity contribution is -0.115. The van der Waals surface area contributed by atoms with Crippen molar-refractivity contribution in [3.63, 3.8) is 0 Å². The molecule has 0 bridgehead atoms. The second-order valence-electron chi connectivity index (χ2n) is 4.36. The van der Waals surface area contributed by atoms with Crippen LogP contribution in [0.25, 0.3) is 0 Å². The molecule has 2 aromatic rings. The maximum Gasteiger partial charge on any atom is 0.265 e. The summed E-state index contributed by atoms with van der Waals surface area (Å²) in [6, 6.07) is 13.1. The molecule has 108 valence electrons. The maximum absolute atomic E-state index is 12.5. The first-order chi connectivity index (χ1) is 10.0. The molecular weight excluding hydrogens is 290 g/mol. The average Bonchev–Trinajstić information content (AvgIpc) is 2.48. The first-order valence-electron chi connectivity index (χ1n) is 6.27. The van der Waals surface area contributed by atoms with Crippen LogP contribution in [0.2, 0.25) is 5.02 Å². The Bertz CT molecular complexity index is 650. The number of rotatable bonds is 3. The zero-order chi connectivity index (χ0) is 15.4. The third kappa shape index (κ3) is 3.41. The number of hydrogen-bond donors (Lipinski definition) is 0. The standard InChI is InChI=1S/C16H14ClNO3/c1-11(19)18(14-7-9-15(21-2)10-8-14)16(20)12-3-5-13(17)6-4-12/h3-10H,1-2H3. The van der Waals surface area contributed by atoms with Crippen molar-refractivity contribution in [1.29, 1.82) is 0 Å². The molecule has 0 saturated heterocycles. The van der Waals surface area contributed by atoms with Crippen molar-refractivity contribution in [1.82, 2.24) is 0 Å². The van der Waals surface area contributed by atoms with Gasteiger partial charge >= 0.3 is 0 Å². The maximum atomic E-state index is 12.5. The van der Waals surface area contributed by atoms with E-state index in [1.807, 2.05) is 0 Å². The van der Waals surface area contributed by atoms with Crippen LogP contribution in [-0.4, -0.2) is 18.9 Å². The molecule has 2 aromatic carbocycles. The summed E-state index contributed by atoms with van der Waals surface area (Å²) in [6.07, 6.45) is 0. The molecule has 0 unspecified atom stereocenters. The second kappa shape index (κ2) is 6.41. The van der Waals surface area contributed by atoms with E-state index in [9.17, 15) is 9.59 Å². The van der Waals surface area contributed by atoms with Gasteiger partial charge in [0.1, 0.15) is 5.75 Å². The van der Waals surface area contributed by atoms with Gasteiger partial charge in [0, 0.05) is 17.5 Å². The lowest BCUT2D eigenvalue weighted by atomic mass is 10.1. The summed E-state index contributed by atoms with van der Waals surface area (Å²) in [6.45, 7) is 1.35. The smallest absolute Gasteiger partial charge is 0.265 e. The molecule has 0 aliphatic rings. The summed E-state index contributed by atoms with van der Waals surface area (Å²) < 4.78 is 5.06. The second-order valence-corrected chi connectivity index (χ2v) is 4.80. The quantitative estimate of drug-likeness (QED) is 0.871. The number of carbonyl (C=O) groups excluding carboxylic acids is 2. The zero-order valence-electron chi connectivity index (χ0n) is 11.7. The fourth-order valence-electron chi connectivity index (χ4n) is 1.89. The molecule has 2 rings (SSSR count). The number of carbonyl (C=O) groups is 2. The molecule has 0 N–H and O–H groups in total. The molecule has 4 nitrogen and oxygen atoms in total. The van der Waals surface area contributed by atoms with Gasteiger partial charge in [0.05, 0.1) is 12.8 Å². The number of halogens is 1. The van der Waals surface area contributed by atoms with Gasteiger partial charge in [-0.15, -0.1) is 0 Å². The van der Waals surface area contributed by atoms with Crippen LogP contribution in [0.15, 0.2) is 48.5 Å². The third-order valence-electron chi connectivity index (χ3n) is 2.94. The molecular formula is C16H14ClNO3. The number of benzene rings is 2. The highest BCUT2D eigenvalue weighted by Crippen LogP contribution is 2.22. The Morgan fingerprint density at radius 3 is 2.05 bits per heavy atom. The van der Waals surface area contributed by atoms with Crippen molar-refractivity contribution < 1.29 is 14.3 Å². The van der Waals surface area contributed by atoms with Gasteiger partial charge in [-0.05, 0) is 48.5 Å². The molecule has 0 spiro atoms. The van der Waals surface area contributed by atoms with E-state index in [0.717, 1.165) is 4.90 Å². The summed E-state index contributed by atoms with van der Waals surface area (Å²) >= 11 is 5.80. The summed E-state index contributed by atoms with van der Waals surface area (Å²) in [5.74, 6) is -0.106. The minimum Gasteiger partial charge on any atom is -0.497 e. The normalized spacial score (nSPS) is 10.0. The molecule has 5 heteroatoms. The Balaban J connectivity index is 2.35. The Hall–Kier alpha value is -2.33. The molecule has 0 heterocycles. The Labute approximate surface area is 127 Å². The van der Waals surface area contributed by atoms with Crippen LogP contribution in [0.1, 0.15) is 17.3 Å². The Kier molecular flexibility index (Phi) is 4.60. The van der Waals surface area contributed by atoms with Crippen molar-refractivity contribution >= 4 is 29.1 Å². The van der Waals surface area contributed by atoms with E-state index >= 15 is 0 Å². The molecule has 0 saturated carbocycles. The molecule has 0 atom stereocenters. The highest BCUT2D eigenvalue weighted by molar-refractivity contribution is 6.30. The van der Waals surface area contributed by atoms with E-state index < -0.39 is 5.91 Å². The van der Waals surface area contributed by atoms with E-state index in [1.165, 1.54) is 6.92 Å². The first kappa shape index (κ1) is 15.1. The predicted octanol–water partition coefficient (Wildman–Crippen LogP) is 3.54. The molecule has 21 heavy (non-hydrogen) atoms. The number of methoxy groups -OCH3 is 1. The van der Waals surface area contributed by atoms with Crippen LogP contribution in [0.4, 0.5) is 5.69 Å². The molecule has 0 aromatic heterocycles. The predicted molar refractivity (Wildman–Crippen MR) is 81.9 cm³/mol. The number of imide groups is 1. The van der Waals surface area contributed by atoms with Gasteiger partial charge < -0.3 is 4.74 Å². The first-order valence-corrected chi connectivity index (χ1v) is 6.65. The van der Waals surface area contributed by atoms with E-state index in [2.05, 4.69) is 0 Å². The molecule has 0 fully saturated rings. The Morgan fingerprint density at radius 2 is 1.57 bits per heavy atom. The monoisotopic (exact) mass is 303 g/mol. The topological polar surface area (TPSA) is 46.6 Å². The van der Waals surface area contributed by atoms with Crippen LogP contribution in [0.3, 0.4) is 0 Å².